The first-order valence-electron chi connectivity index (χ1n) is 9.00. The van der Waals surface area contributed by atoms with Gasteiger partial charge >= 0.3 is 11.9 Å². The Morgan fingerprint density at radius 3 is 2.07 bits per heavy atom. The molecule has 3 amide bonds. The van der Waals surface area contributed by atoms with Crippen LogP contribution in [-0.2, 0) is 24.0 Å². The number of nitrogens with two attached hydrogens (primary N) is 2. The topological polar surface area (TPSA) is 234 Å². The molecule has 0 aliphatic carbocycles. The fourth-order valence-electron chi connectivity index (χ4n) is 2.18. The minimum atomic E-state index is -1.30. The highest BCUT2D eigenvalue weighted by Gasteiger charge is 2.25. The maximum Gasteiger partial charge on any atom is 0.326 e. The number of carboxylic acids is 2. The lowest BCUT2D eigenvalue weighted by atomic mass is 10.1. The summed E-state index contributed by atoms with van der Waals surface area (Å²) in [6, 6.07) is -3.75. The fourth-order valence-corrected chi connectivity index (χ4v) is 2.18. The Kier molecular flexibility index (Phi) is 12.9. The van der Waals surface area contributed by atoms with Gasteiger partial charge in [0.05, 0.1) is 13.2 Å². The molecule has 0 aromatic carbocycles. The zero-order valence-electron chi connectivity index (χ0n) is 15.9. The molecule has 0 aliphatic rings. The number of aliphatic carboxylic acids is 2. The van der Waals surface area contributed by atoms with E-state index in [-0.39, 0.29) is 12.8 Å². The number of carboxylic acid groups (broad SMARTS) is 2. The third kappa shape index (κ3) is 11.6. The number of unbranched alkanes of at least 4 members (excludes halogenated alkanes) is 1. The van der Waals surface area contributed by atoms with Crippen molar-refractivity contribution >= 4 is 29.7 Å². The van der Waals surface area contributed by atoms with Crippen molar-refractivity contribution < 1.29 is 39.3 Å². The molecule has 13 nitrogen and oxygen atoms in total. The molecule has 0 radical (unpaired) electrons. The van der Waals surface area contributed by atoms with Gasteiger partial charge in [-0.1, -0.05) is 0 Å². The maximum atomic E-state index is 12.2. The van der Waals surface area contributed by atoms with Gasteiger partial charge in [-0.05, 0) is 32.2 Å². The van der Waals surface area contributed by atoms with E-state index in [1.165, 1.54) is 0 Å². The van der Waals surface area contributed by atoms with Crippen LogP contribution in [0.4, 0.5) is 0 Å². The van der Waals surface area contributed by atoms with Crippen molar-refractivity contribution in [3.63, 3.8) is 0 Å². The summed E-state index contributed by atoms with van der Waals surface area (Å²) in [5.41, 5.74) is 10.7. The number of aliphatic hydroxyl groups is 1. The molecule has 166 valence electrons. The molecule has 0 rings (SSSR count). The minimum Gasteiger partial charge on any atom is -0.481 e. The van der Waals surface area contributed by atoms with E-state index < -0.39 is 67.4 Å². The molecule has 0 bridgehead atoms. The van der Waals surface area contributed by atoms with Crippen LogP contribution in [0.5, 0.6) is 0 Å². The average molecular weight is 419 g/mol. The molecule has 0 aromatic heterocycles. The Morgan fingerprint density at radius 1 is 0.897 bits per heavy atom. The van der Waals surface area contributed by atoms with Gasteiger partial charge in [-0.25, -0.2) is 4.79 Å². The van der Waals surface area contributed by atoms with Crippen LogP contribution in [0.2, 0.25) is 0 Å². The van der Waals surface area contributed by atoms with E-state index in [2.05, 4.69) is 16.0 Å². The normalized spacial score (nSPS) is 13.6. The first-order valence-corrected chi connectivity index (χ1v) is 9.00. The van der Waals surface area contributed by atoms with Crippen LogP contribution < -0.4 is 27.4 Å². The molecule has 0 aromatic rings. The second-order valence-electron chi connectivity index (χ2n) is 6.24. The third-order valence-corrected chi connectivity index (χ3v) is 3.82. The lowest BCUT2D eigenvalue weighted by Gasteiger charge is -2.20. The van der Waals surface area contributed by atoms with E-state index in [1.54, 1.807) is 0 Å². The first kappa shape index (κ1) is 26.2. The van der Waals surface area contributed by atoms with E-state index in [9.17, 15) is 24.0 Å². The summed E-state index contributed by atoms with van der Waals surface area (Å²) >= 11 is 0. The van der Waals surface area contributed by atoms with Gasteiger partial charge in [0.25, 0.3) is 0 Å². The average Bonchev–Trinajstić information content (AvgIpc) is 2.67. The van der Waals surface area contributed by atoms with E-state index >= 15 is 0 Å². The van der Waals surface area contributed by atoms with Crippen molar-refractivity contribution in [1.82, 2.24) is 16.0 Å². The second kappa shape index (κ2) is 14.3. The van der Waals surface area contributed by atoms with Gasteiger partial charge in [-0.15, -0.1) is 0 Å². The molecule has 0 heterocycles. The standard InChI is InChI=1S/C16H29N5O8/c17-6-2-1-3-11(16(28)29)20-12(23)7-19-15(27)10(4-5-13(24)25)21-14(26)9(18)8-22/h9-11,22H,1-8,17-18H2,(H,19,27)(H,20,23)(H,21,26)(H,24,25)(H,28,29). The van der Waals surface area contributed by atoms with Crippen LogP contribution in [-0.4, -0.2) is 82.8 Å². The van der Waals surface area contributed by atoms with Crippen molar-refractivity contribution in [1.29, 1.82) is 0 Å². The largest absolute Gasteiger partial charge is 0.481 e. The van der Waals surface area contributed by atoms with Crippen LogP contribution in [0.15, 0.2) is 0 Å². The molecule has 10 N–H and O–H groups in total. The zero-order chi connectivity index (χ0) is 22.4. The Hall–Kier alpha value is -2.77. The van der Waals surface area contributed by atoms with Gasteiger partial charge < -0.3 is 42.7 Å². The van der Waals surface area contributed by atoms with Gasteiger partial charge in [0, 0.05) is 6.42 Å². The summed E-state index contributed by atoms with van der Waals surface area (Å²) in [4.78, 5) is 57.8. The number of nitrogens with one attached hydrogen (secondary N) is 3. The van der Waals surface area contributed by atoms with Crippen LogP contribution >= 0.6 is 0 Å². The van der Waals surface area contributed by atoms with E-state index in [0.29, 0.717) is 19.4 Å². The number of hydrogen-bond donors (Lipinski definition) is 8. The molecular formula is C16H29N5O8. The molecule has 0 saturated carbocycles. The van der Waals surface area contributed by atoms with Crippen molar-refractivity contribution in [2.45, 2.75) is 50.2 Å². The highest BCUT2D eigenvalue weighted by atomic mass is 16.4. The Labute approximate surface area is 167 Å². The summed E-state index contributed by atoms with van der Waals surface area (Å²) in [6.45, 7) is -0.868. The van der Waals surface area contributed by atoms with Crippen LogP contribution in [0, 0.1) is 0 Å². The van der Waals surface area contributed by atoms with Crippen molar-refractivity contribution in [3.05, 3.63) is 0 Å². The Morgan fingerprint density at radius 2 is 1.55 bits per heavy atom. The number of aliphatic hydroxyl groups excluding tert-OH is 1. The third-order valence-electron chi connectivity index (χ3n) is 3.82. The summed E-state index contributed by atoms with van der Waals surface area (Å²) < 4.78 is 0. The summed E-state index contributed by atoms with van der Waals surface area (Å²) in [5, 5.41) is 33.4. The lowest BCUT2D eigenvalue weighted by molar-refractivity contribution is -0.142. The molecular weight excluding hydrogens is 390 g/mol. The van der Waals surface area contributed by atoms with Gasteiger partial charge in [0.2, 0.25) is 17.7 Å². The predicted octanol–water partition coefficient (Wildman–Crippen LogP) is -3.53. The molecule has 29 heavy (non-hydrogen) atoms. The van der Waals surface area contributed by atoms with E-state index in [1.807, 2.05) is 0 Å². The van der Waals surface area contributed by atoms with E-state index in [4.69, 9.17) is 26.8 Å². The number of carbonyl (C=O) groups excluding carboxylic acids is 3. The smallest absolute Gasteiger partial charge is 0.326 e. The van der Waals surface area contributed by atoms with Gasteiger partial charge in [-0.2, -0.15) is 0 Å². The molecule has 3 atom stereocenters. The molecule has 0 aliphatic heterocycles. The quantitative estimate of drug-likeness (QED) is 0.122. The Balaban J connectivity index is 4.76. The summed E-state index contributed by atoms with van der Waals surface area (Å²) in [7, 11) is 0. The molecule has 0 fully saturated rings. The van der Waals surface area contributed by atoms with Crippen molar-refractivity contribution in [2.75, 3.05) is 19.7 Å². The minimum absolute atomic E-state index is 0.169. The molecule has 13 heteroatoms. The van der Waals surface area contributed by atoms with Crippen molar-refractivity contribution in [3.8, 4) is 0 Å². The van der Waals surface area contributed by atoms with Crippen LogP contribution in [0.25, 0.3) is 0 Å². The molecule has 0 saturated heterocycles. The van der Waals surface area contributed by atoms with E-state index in [0.717, 1.165) is 0 Å². The zero-order valence-corrected chi connectivity index (χ0v) is 15.9. The molecule has 3 unspecified atom stereocenters. The monoisotopic (exact) mass is 419 g/mol. The summed E-state index contributed by atoms with van der Waals surface area (Å²) in [5.74, 6) is -4.92. The number of carbonyl (C=O) groups is 5. The Bertz CT molecular complexity index is 586. The number of amides is 3. The van der Waals surface area contributed by atoms with Gasteiger partial charge in [0.15, 0.2) is 0 Å². The number of rotatable bonds is 15. The van der Waals surface area contributed by atoms with Crippen LogP contribution in [0.1, 0.15) is 32.1 Å². The summed E-state index contributed by atoms with van der Waals surface area (Å²) in [6.07, 6.45) is 0.541. The second-order valence-corrected chi connectivity index (χ2v) is 6.24. The van der Waals surface area contributed by atoms with Crippen LogP contribution in [0.3, 0.4) is 0 Å². The number of hydrogen-bond acceptors (Lipinski definition) is 8. The highest BCUT2D eigenvalue weighted by Crippen LogP contribution is 2.01. The highest BCUT2D eigenvalue weighted by molar-refractivity contribution is 5.92. The van der Waals surface area contributed by atoms with Gasteiger partial charge in [0.1, 0.15) is 18.1 Å². The van der Waals surface area contributed by atoms with Gasteiger partial charge in [-0.3, -0.25) is 19.2 Å². The lowest BCUT2D eigenvalue weighted by Crippen LogP contribution is -2.54. The fraction of sp³-hybridized carbons (Fsp3) is 0.688. The SMILES string of the molecule is NCCCCC(NC(=O)CNC(=O)C(CCC(=O)O)NC(=O)C(N)CO)C(=O)O. The predicted molar refractivity (Wildman–Crippen MR) is 99.3 cm³/mol. The van der Waals surface area contributed by atoms with Crippen molar-refractivity contribution in [2.24, 2.45) is 11.5 Å². The maximum absolute atomic E-state index is 12.2. The first-order chi connectivity index (χ1) is 13.6. The molecule has 0 spiro atoms.